The summed E-state index contributed by atoms with van der Waals surface area (Å²) in [7, 11) is 0. The van der Waals surface area contributed by atoms with Gasteiger partial charge in [-0.2, -0.15) is 26.3 Å². The number of halogens is 6. The Hall–Kier alpha value is -2.25. The summed E-state index contributed by atoms with van der Waals surface area (Å²) in [5, 5.41) is 2.47. The summed E-state index contributed by atoms with van der Waals surface area (Å²) in [5.74, 6) is -19.0. The summed E-state index contributed by atoms with van der Waals surface area (Å²) in [6, 6.07) is 10.5. The number of benzene rings is 2. The van der Waals surface area contributed by atoms with E-state index < -0.39 is 23.7 Å². The van der Waals surface area contributed by atoms with Crippen LogP contribution >= 0.6 is 0 Å². The first-order valence-electron chi connectivity index (χ1n) is 6.41. The highest BCUT2D eigenvalue weighted by Gasteiger charge is 2.72. The number of alkyl halides is 6. The zero-order valence-corrected chi connectivity index (χ0v) is 11.7. The topological polar surface area (TPSA) is 29.1 Å². The van der Waals surface area contributed by atoms with Gasteiger partial charge in [0.05, 0.1) is 0 Å². The fourth-order valence-corrected chi connectivity index (χ4v) is 1.95. The van der Waals surface area contributed by atoms with Crippen LogP contribution in [0.25, 0.3) is 10.8 Å². The number of fused-ring (bicyclic) bond motifs is 1. The average molecular weight is 335 g/mol. The monoisotopic (exact) mass is 335 g/mol. The van der Waals surface area contributed by atoms with Crippen LogP contribution in [0, 0.1) is 0 Å². The predicted molar refractivity (Wildman–Crippen MR) is 73.1 cm³/mol. The molecule has 8 heteroatoms. The Bertz CT molecular complexity index is 733. The van der Waals surface area contributed by atoms with Gasteiger partial charge >= 0.3 is 23.7 Å². The van der Waals surface area contributed by atoms with Crippen molar-refractivity contribution < 1.29 is 31.1 Å². The highest BCUT2D eigenvalue weighted by atomic mass is 19.3. The minimum atomic E-state index is -5.82. The first-order chi connectivity index (χ1) is 10.5. The Morgan fingerprint density at radius 2 is 1.48 bits per heavy atom. The van der Waals surface area contributed by atoms with Gasteiger partial charge in [0.25, 0.3) is 0 Å². The summed E-state index contributed by atoms with van der Waals surface area (Å²) >= 11 is 0. The summed E-state index contributed by atoms with van der Waals surface area (Å²) in [6.07, 6.45) is 0. The molecule has 124 valence electrons. The second-order valence-electron chi connectivity index (χ2n) is 5.02. The lowest BCUT2D eigenvalue weighted by Crippen LogP contribution is -2.58. The van der Waals surface area contributed by atoms with Crippen LogP contribution in [0.1, 0.15) is 6.92 Å². The largest absolute Gasteiger partial charge is 0.392 e. The number of hydrogen-bond donors (Lipinski definition) is 1. The maximum absolute atomic E-state index is 13.5. The zero-order valence-electron chi connectivity index (χ0n) is 11.7. The fraction of sp³-hybridized carbons (Fsp3) is 0.267. The van der Waals surface area contributed by atoms with Gasteiger partial charge in [-0.25, -0.2) is 0 Å². The van der Waals surface area contributed by atoms with Crippen LogP contribution in [-0.2, 0) is 4.79 Å². The van der Waals surface area contributed by atoms with Crippen molar-refractivity contribution in [3.8, 4) is 0 Å². The highest BCUT2D eigenvalue weighted by molar-refractivity contribution is 6.04. The zero-order chi connectivity index (χ0) is 17.5. The molecule has 2 aromatic rings. The molecule has 0 radical (unpaired) electrons. The van der Waals surface area contributed by atoms with Gasteiger partial charge in [-0.3, -0.25) is 4.79 Å². The quantitative estimate of drug-likeness (QED) is 0.806. The number of carbonyl (C=O) groups is 1. The van der Waals surface area contributed by atoms with Crippen molar-refractivity contribution >= 4 is 22.4 Å². The van der Waals surface area contributed by atoms with Crippen molar-refractivity contribution in [2.24, 2.45) is 0 Å². The molecule has 0 fully saturated rings. The molecule has 0 heterocycles. The lowest BCUT2D eigenvalue weighted by molar-refractivity contribution is -0.289. The molecule has 0 aliphatic rings. The van der Waals surface area contributed by atoms with Crippen LogP contribution < -0.4 is 5.32 Å². The van der Waals surface area contributed by atoms with E-state index in [0.29, 0.717) is 10.8 Å². The van der Waals surface area contributed by atoms with Crippen molar-refractivity contribution in [2.75, 3.05) is 5.32 Å². The first-order valence-corrected chi connectivity index (χ1v) is 6.41. The molecule has 0 aliphatic heterocycles. The van der Waals surface area contributed by atoms with Crippen LogP contribution in [0.15, 0.2) is 42.5 Å². The lowest BCUT2D eigenvalue weighted by atomic mass is 10.0. The molecule has 0 aromatic heterocycles. The van der Waals surface area contributed by atoms with Crippen LogP contribution in [-0.4, -0.2) is 23.7 Å². The van der Waals surface area contributed by atoms with E-state index in [0.717, 1.165) is 0 Å². The lowest BCUT2D eigenvalue weighted by Gasteiger charge is -2.29. The van der Waals surface area contributed by atoms with Gasteiger partial charge in [-0.05, 0) is 11.5 Å². The van der Waals surface area contributed by atoms with Crippen molar-refractivity contribution in [1.82, 2.24) is 0 Å². The Morgan fingerprint density at radius 1 is 0.913 bits per heavy atom. The molecular formula is C15H11F6NO. The minimum absolute atomic E-state index is 0.178. The molecule has 0 saturated heterocycles. The van der Waals surface area contributed by atoms with E-state index in [1.54, 1.807) is 29.6 Å². The van der Waals surface area contributed by atoms with Crippen LogP contribution in [0.3, 0.4) is 0 Å². The number of anilines is 1. The molecule has 1 N–H and O–H groups in total. The van der Waals surface area contributed by atoms with E-state index in [9.17, 15) is 31.1 Å². The maximum Gasteiger partial charge on any atom is 0.392 e. The molecule has 2 nitrogen and oxygen atoms in total. The summed E-state index contributed by atoms with van der Waals surface area (Å²) in [6.45, 7) is -0.369. The smallest absolute Gasteiger partial charge is 0.320 e. The second kappa shape index (κ2) is 5.43. The fourth-order valence-electron chi connectivity index (χ4n) is 1.95. The Kier molecular flexibility index (Phi) is 4.04. The number of rotatable bonds is 4. The molecule has 0 unspecified atom stereocenters. The molecule has 2 rings (SSSR count). The molecule has 0 aliphatic carbocycles. The average Bonchev–Trinajstić information content (AvgIpc) is 2.46. The van der Waals surface area contributed by atoms with Gasteiger partial charge in [0.1, 0.15) is 0 Å². The molecule has 0 spiro atoms. The molecule has 2 aromatic carbocycles. The van der Waals surface area contributed by atoms with Gasteiger partial charge in [0, 0.05) is 18.0 Å². The third kappa shape index (κ3) is 2.85. The highest BCUT2D eigenvalue weighted by Crippen LogP contribution is 2.46. The van der Waals surface area contributed by atoms with Gasteiger partial charge in [0.15, 0.2) is 0 Å². The molecule has 1 amide bonds. The predicted octanol–water partition coefficient (Wildman–Crippen LogP) is 4.70. The number of hydrogen-bond acceptors (Lipinski definition) is 1. The maximum atomic E-state index is 13.5. The Balaban J connectivity index is 2.38. The van der Waals surface area contributed by atoms with Crippen LogP contribution in [0.4, 0.5) is 32.0 Å². The first kappa shape index (κ1) is 17.1. The van der Waals surface area contributed by atoms with E-state index in [4.69, 9.17) is 0 Å². The van der Waals surface area contributed by atoms with Crippen LogP contribution in [0.2, 0.25) is 0 Å². The standard InChI is InChI=1S/C15H11F6NO/c1-13(16,17)15(20,21)14(18,19)12(23)22-11-8-4-6-9-5-2-3-7-10(9)11/h2-8H,1H3,(H,22,23). The van der Waals surface area contributed by atoms with Crippen molar-refractivity contribution in [3.63, 3.8) is 0 Å². The van der Waals surface area contributed by atoms with Gasteiger partial charge < -0.3 is 5.32 Å². The number of amides is 1. The summed E-state index contributed by atoms with van der Waals surface area (Å²) in [4.78, 5) is 11.5. The van der Waals surface area contributed by atoms with Gasteiger partial charge in [-0.15, -0.1) is 0 Å². The van der Waals surface area contributed by atoms with Crippen molar-refractivity contribution in [3.05, 3.63) is 42.5 Å². The summed E-state index contributed by atoms with van der Waals surface area (Å²) < 4.78 is 79.0. The van der Waals surface area contributed by atoms with E-state index in [-0.39, 0.29) is 12.6 Å². The molecular weight excluding hydrogens is 324 g/mol. The van der Waals surface area contributed by atoms with E-state index in [1.165, 1.54) is 18.2 Å². The number of carbonyl (C=O) groups excluding carboxylic acids is 1. The van der Waals surface area contributed by atoms with Gasteiger partial charge in [-0.1, -0.05) is 36.4 Å². The normalized spacial score (nSPS) is 13.2. The Morgan fingerprint density at radius 3 is 2.09 bits per heavy atom. The molecule has 0 bridgehead atoms. The van der Waals surface area contributed by atoms with E-state index >= 15 is 0 Å². The third-order valence-electron chi connectivity index (χ3n) is 3.27. The van der Waals surface area contributed by atoms with Gasteiger partial charge in [0.2, 0.25) is 0 Å². The molecule has 0 saturated carbocycles. The molecule has 0 atom stereocenters. The minimum Gasteiger partial charge on any atom is -0.320 e. The Labute approximate surface area is 127 Å². The van der Waals surface area contributed by atoms with E-state index in [2.05, 4.69) is 0 Å². The summed E-state index contributed by atoms with van der Waals surface area (Å²) in [5.41, 5.74) is -0.178. The van der Waals surface area contributed by atoms with Crippen molar-refractivity contribution in [2.45, 2.75) is 24.7 Å². The van der Waals surface area contributed by atoms with Crippen molar-refractivity contribution in [1.29, 1.82) is 0 Å². The third-order valence-corrected chi connectivity index (χ3v) is 3.27. The second-order valence-corrected chi connectivity index (χ2v) is 5.02. The SMILES string of the molecule is CC(F)(F)C(F)(F)C(F)(F)C(=O)Nc1cccc2ccccc12. The van der Waals surface area contributed by atoms with E-state index in [1.807, 2.05) is 0 Å². The number of nitrogens with one attached hydrogen (secondary N) is 1. The molecule has 23 heavy (non-hydrogen) atoms. The van der Waals surface area contributed by atoms with Crippen LogP contribution in [0.5, 0.6) is 0 Å².